The maximum atomic E-state index is 14.0. The molecule has 0 spiro atoms. The van der Waals surface area contributed by atoms with Crippen LogP contribution in [0.1, 0.15) is 29.8 Å². The van der Waals surface area contributed by atoms with Crippen LogP contribution in [0.3, 0.4) is 0 Å². The van der Waals surface area contributed by atoms with Crippen molar-refractivity contribution in [2.75, 3.05) is 38.7 Å². The van der Waals surface area contributed by atoms with Gasteiger partial charge in [-0.2, -0.15) is 0 Å². The number of rotatable bonds is 9. The van der Waals surface area contributed by atoms with E-state index in [9.17, 15) is 14.3 Å². The SMILES string of the molecule is C=C/C(C(=O)N1CCNCC1)=C(\OC)C(=C)/C=C\c1c(C)ccn1NC(C)c1c(O)ccc(F)c1Cl. The Morgan fingerprint density at radius 3 is 2.67 bits per heavy atom. The average Bonchev–Trinajstić information content (AvgIpc) is 3.22. The topological polar surface area (TPSA) is 78.8 Å². The van der Waals surface area contributed by atoms with Crippen LogP contribution in [0.15, 0.2) is 66.6 Å². The van der Waals surface area contributed by atoms with E-state index in [1.54, 1.807) is 22.6 Å². The smallest absolute Gasteiger partial charge is 0.257 e. The van der Waals surface area contributed by atoms with Gasteiger partial charge in [-0.3, -0.25) is 9.47 Å². The number of halogens is 2. The van der Waals surface area contributed by atoms with Crippen molar-refractivity contribution in [3.8, 4) is 5.75 Å². The fourth-order valence-electron chi connectivity index (χ4n) is 4.09. The van der Waals surface area contributed by atoms with Crippen molar-refractivity contribution < 1.29 is 19.0 Å². The normalized spacial score (nSPS) is 15.4. The van der Waals surface area contributed by atoms with Crippen LogP contribution in [0.2, 0.25) is 5.02 Å². The minimum absolute atomic E-state index is 0.100. The highest BCUT2D eigenvalue weighted by Crippen LogP contribution is 2.34. The highest BCUT2D eigenvalue weighted by molar-refractivity contribution is 6.31. The largest absolute Gasteiger partial charge is 0.508 e. The zero-order valence-corrected chi connectivity index (χ0v) is 21.5. The number of aryl methyl sites for hydroxylation is 1. The number of hydrogen-bond donors (Lipinski definition) is 3. The number of carbonyl (C=O) groups excluding carboxylic acids is 1. The fourth-order valence-corrected chi connectivity index (χ4v) is 4.42. The lowest BCUT2D eigenvalue weighted by Gasteiger charge is -2.28. The molecular formula is C27H32ClFN4O3. The third-order valence-corrected chi connectivity index (χ3v) is 6.42. The molecule has 1 aliphatic rings. The third-order valence-electron chi connectivity index (χ3n) is 6.03. The number of piperazine rings is 1. The van der Waals surface area contributed by atoms with Crippen molar-refractivity contribution in [2.24, 2.45) is 0 Å². The number of ether oxygens (including phenoxy) is 1. The van der Waals surface area contributed by atoms with Crippen molar-refractivity contribution in [1.29, 1.82) is 0 Å². The van der Waals surface area contributed by atoms with Crippen LogP contribution >= 0.6 is 11.6 Å². The Hall–Kier alpha value is -3.49. The van der Waals surface area contributed by atoms with Crippen molar-refractivity contribution in [2.45, 2.75) is 19.9 Å². The van der Waals surface area contributed by atoms with Gasteiger partial charge in [0, 0.05) is 43.5 Å². The van der Waals surface area contributed by atoms with Gasteiger partial charge >= 0.3 is 0 Å². The molecule has 1 saturated heterocycles. The Bertz CT molecular complexity index is 1210. The standard InChI is InChI=1S/C27H32ClFN4O3/c1-6-20(27(35)32-15-12-30-13-16-32)26(36-5)18(3)7-9-22-17(2)11-14-33(22)31-19(4)24-23(34)10-8-21(29)25(24)28/h6-11,14,19,30-31,34H,1,3,12-13,15-16H2,2,4-5H3/b9-7-,26-20+. The highest BCUT2D eigenvalue weighted by Gasteiger charge is 2.23. The number of phenolic OH excluding ortho intramolecular Hbond substituents is 1. The number of amides is 1. The number of carbonyl (C=O) groups is 1. The molecule has 0 bridgehead atoms. The molecule has 0 saturated carbocycles. The van der Waals surface area contributed by atoms with E-state index < -0.39 is 11.9 Å². The molecule has 192 valence electrons. The highest BCUT2D eigenvalue weighted by atomic mass is 35.5. The minimum atomic E-state index is -0.606. The molecular weight excluding hydrogens is 483 g/mol. The molecule has 3 N–H and O–H groups in total. The maximum absolute atomic E-state index is 14.0. The molecule has 1 atom stereocenters. The summed E-state index contributed by atoms with van der Waals surface area (Å²) < 4.78 is 21.3. The number of hydrogen-bond acceptors (Lipinski definition) is 5. The number of aromatic hydroxyl groups is 1. The molecule has 1 aromatic heterocycles. The first-order chi connectivity index (χ1) is 17.2. The zero-order chi connectivity index (χ0) is 26.4. The number of aromatic nitrogens is 1. The lowest BCUT2D eigenvalue weighted by Crippen LogP contribution is -2.47. The quantitative estimate of drug-likeness (QED) is 0.257. The van der Waals surface area contributed by atoms with Gasteiger partial charge in [-0.25, -0.2) is 4.39 Å². The first kappa shape index (κ1) is 27.1. The van der Waals surface area contributed by atoms with E-state index in [2.05, 4.69) is 23.9 Å². The number of benzene rings is 1. The van der Waals surface area contributed by atoms with E-state index in [1.165, 1.54) is 19.3 Å². The van der Waals surface area contributed by atoms with Crippen LogP contribution in [0.5, 0.6) is 5.75 Å². The van der Waals surface area contributed by atoms with Crippen molar-refractivity contribution in [1.82, 2.24) is 14.9 Å². The Morgan fingerprint density at radius 2 is 2.03 bits per heavy atom. The summed E-state index contributed by atoms with van der Waals surface area (Å²) in [5.74, 6) is -0.514. The molecule has 1 aromatic carbocycles. The van der Waals surface area contributed by atoms with E-state index in [0.29, 0.717) is 30.0 Å². The van der Waals surface area contributed by atoms with Gasteiger partial charge in [0.2, 0.25) is 0 Å². The second kappa shape index (κ2) is 12.0. The molecule has 36 heavy (non-hydrogen) atoms. The van der Waals surface area contributed by atoms with Gasteiger partial charge in [-0.15, -0.1) is 0 Å². The summed E-state index contributed by atoms with van der Waals surface area (Å²) in [6, 6.07) is 3.80. The fraction of sp³-hybridized carbons (Fsp3) is 0.296. The molecule has 7 nitrogen and oxygen atoms in total. The minimum Gasteiger partial charge on any atom is -0.508 e. The number of nitrogens with one attached hydrogen (secondary N) is 2. The van der Waals surface area contributed by atoms with Crippen LogP contribution < -0.4 is 10.7 Å². The van der Waals surface area contributed by atoms with Crippen LogP contribution in [0.25, 0.3) is 6.08 Å². The summed E-state index contributed by atoms with van der Waals surface area (Å²) in [6.07, 6.45) is 6.90. The van der Waals surface area contributed by atoms with Crippen molar-refractivity contribution in [3.05, 3.63) is 94.3 Å². The van der Waals surface area contributed by atoms with Crippen LogP contribution in [-0.2, 0) is 9.53 Å². The number of phenols is 1. The van der Waals surface area contributed by atoms with Crippen LogP contribution in [-0.4, -0.2) is 53.9 Å². The summed E-state index contributed by atoms with van der Waals surface area (Å²) in [5, 5.41) is 13.3. The van der Waals surface area contributed by atoms with E-state index in [0.717, 1.165) is 30.4 Å². The van der Waals surface area contributed by atoms with E-state index in [-0.39, 0.29) is 22.2 Å². The summed E-state index contributed by atoms with van der Waals surface area (Å²) in [6.45, 7) is 14.3. The Kier molecular flexibility index (Phi) is 9.01. The first-order valence-electron chi connectivity index (χ1n) is 11.6. The molecule has 3 rings (SSSR count). The van der Waals surface area contributed by atoms with Gasteiger partial charge in [0.1, 0.15) is 17.3 Å². The van der Waals surface area contributed by atoms with Crippen molar-refractivity contribution >= 4 is 23.6 Å². The number of methoxy groups -OCH3 is 1. The predicted molar refractivity (Wildman–Crippen MR) is 142 cm³/mol. The molecule has 9 heteroatoms. The molecule has 0 aliphatic carbocycles. The maximum Gasteiger partial charge on any atom is 0.257 e. The second-order valence-electron chi connectivity index (χ2n) is 8.45. The summed E-state index contributed by atoms with van der Waals surface area (Å²) >= 11 is 6.11. The molecule has 2 heterocycles. The second-order valence-corrected chi connectivity index (χ2v) is 8.83. The van der Waals surface area contributed by atoms with Crippen molar-refractivity contribution in [3.63, 3.8) is 0 Å². The molecule has 2 aromatic rings. The van der Waals surface area contributed by atoms with Gasteiger partial charge in [0.05, 0.1) is 29.4 Å². The molecule has 1 amide bonds. The van der Waals surface area contributed by atoms with E-state index in [4.69, 9.17) is 16.3 Å². The van der Waals surface area contributed by atoms with E-state index >= 15 is 0 Å². The van der Waals surface area contributed by atoms with Gasteiger partial charge in [-0.05, 0) is 49.8 Å². The molecule has 1 unspecified atom stereocenters. The number of allylic oxidation sites excluding steroid dienone is 1. The van der Waals surface area contributed by atoms with Crippen LogP contribution in [0.4, 0.5) is 4.39 Å². The lowest BCUT2D eigenvalue weighted by atomic mass is 10.1. The Morgan fingerprint density at radius 1 is 1.33 bits per heavy atom. The monoisotopic (exact) mass is 514 g/mol. The Labute approximate surface area is 216 Å². The predicted octanol–water partition coefficient (Wildman–Crippen LogP) is 4.69. The van der Waals surface area contributed by atoms with Gasteiger partial charge in [0.25, 0.3) is 5.91 Å². The molecule has 1 fully saturated rings. The average molecular weight is 515 g/mol. The molecule has 1 aliphatic heterocycles. The van der Waals surface area contributed by atoms with E-state index in [1.807, 2.05) is 25.3 Å². The number of nitrogens with zero attached hydrogens (tertiary/aromatic N) is 2. The van der Waals surface area contributed by atoms with Crippen LogP contribution in [0, 0.1) is 12.7 Å². The lowest BCUT2D eigenvalue weighted by molar-refractivity contribution is -0.127. The van der Waals surface area contributed by atoms with Gasteiger partial charge in [0.15, 0.2) is 0 Å². The summed E-state index contributed by atoms with van der Waals surface area (Å²) in [4.78, 5) is 14.8. The molecule has 0 radical (unpaired) electrons. The Balaban J connectivity index is 1.85. The van der Waals surface area contributed by atoms with Gasteiger partial charge < -0.3 is 25.5 Å². The summed E-state index contributed by atoms with van der Waals surface area (Å²) in [5.41, 5.74) is 6.07. The van der Waals surface area contributed by atoms with Gasteiger partial charge in [-0.1, -0.05) is 30.8 Å². The first-order valence-corrected chi connectivity index (χ1v) is 12.0. The summed E-state index contributed by atoms with van der Waals surface area (Å²) in [7, 11) is 1.50. The third kappa shape index (κ3) is 5.83. The zero-order valence-electron chi connectivity index (χ0n) is 20.8.